The molecular formula is C15H19N3. The van der Waals surface area contributed by atoms with E-state index in [-0.39, 0.29) is 0 Å². The van der Waals surface area contributed by atoms with Crippen LogP contribution in [0.4, 0.5) is 5.69 Å². The SMILES string of the molecule is Cc1cc(C(C)C)nc(Cc2cccc(N)c2)n1. The summed E-state index contributed by atoms with van der Waals surface area (Å²) in [5.74, 6) is 1.29. The number of hydrogen-bond donors (Lipinski definition) is 1. The van der Waals surface area contributed by atoms with Crippen molar-refractivity contribution in [3.8, 4) is 0 Å². The minimum absolute atomic E-state index is 0.422. The molecule has 3 nitrogen and oxygen atoms in total. The molecule has 0 fully saturated rings. The van der Waals surface area contributed by atoms with Gasteiger partial charge in [-0.1, -0.05) is 26.0 Å². The maximum absolute atomic E-state index is 5.78. The average molecular weight is 241 g/mol. The van der Waals surface area contributed by atoms with E-state index in [1.165, 1.54) is 0 Å². The van der Waals surface area contributed by atoms with Gasteiger partial charge in [-0.3, -0.25) is 0 Å². The van der Waals surface area contributed by atoms with E-state index in [4.69, 9.17) is 5.73 Å². The molecule has 0 saturated carbocycles. The molecule has 0 aliphatic heterocycles. The number of aromatic nitrogens is 2. The first-order chi connectivity index (χ1) is 8.54. The van der Waals surface area contributed by atoms with Crippen LogP contribution < -0.4 is 5.73 Å². The zero-order valence-corrected chi connectivity index (χ0v) is 11.1. The van der Waals surface area contributed by atoms with Crippen LogP contribution in [0.1, 0.15) is 42.5 Å². The molecule has 18 heavy (non-hydrogen) atoms. The highest BCUT2D eigenvalue weighted by molar-refractivity contribution is 5.41. The number of rotatable bonds is 3. The monoisotopic (exact) mass is 241 g/mol. The zero-order valence-electron chi connectivity index (χ0n) is 11.1. The van der Waals surface area contributed by atoms with E-state index in [9.17, 15) is 0 Å². The van der Waals surface area contributed by atoms with Crippen LogP contribution in [-0.2, 0) is 6.42 Å². The topological polar surface area (TPSA) is 51.8 Å². The Bertz CT molecular complexity index is 547. The Morgan fingerprint density at radius 2 is 1.94 bits per heavy atom. The normalized spacial score (nSPS) is 10.9. The van der Waals surface area contributed by atoms with E-state index < -0.39 is 0 Å². The summed E-state index contributed by atoms with van der Waals surface area (Å²) in [4.78, 5) is 9.10. The van der Waals surface area contributed by atoms with Gasteiger partial charge in [-0.05, 0) is 36.6 Å². The molecule has 3 heteroatoms. The summed E-state index contributed by atoms with van der Waals surface area (Å²) in [6.45, 7) is 6.30. The third-order valence-corrected chi connectivity index (χ3v) is 2.83. The highest BCUT2D eigenvalue weighted by atomic mass is 14.9. The Morgan fingerprint density at radius 1 is 1.17 bits per heavy atom. The quantitative estimate of drug-likeness (QED) is 0.840. The van der Waals surface area contributed by atoms with Crippen molar-refractivity contribution in [1.82, 2.24) is 9.97 Å². The van der Waals surface area contributed by atoms with Crippen LogP contribution in [0.15, 0.2) is 30.3 Å². The number of anilines is 1. The van der Waals surface area contributed by atoms with E-state index in [2.05, 4.69) is 29.9 Å². The first kappa shape index (κ1) is 12.6. The van der Waals surface area contributed by atoms with Gasteiger partial charge in [0.1, 0.15) is 5.82 Å². The van der Waals surface area contributed by atoms with Gasteiger partial charge >= 0.3 is 0 Å². The molecule has 0 saturated heterocycles. The van der Waals surface area contributed by atoms with Crippen molar-refractivity contribution >= 4 is 5.69 Å². The number of benzene rings is 1. The maximum Gasteiger partial charge on any atom is 0.133 e. The molecule has 2 N–H and O–H groups in total. The van der Waals surface area contributed by atoms with Crippen LogP contribution in [0.5, 0.6) is 0 Å². The van der Waals surface area contributed by atoms with Gasteiger partial charge in [0.15, 0.2) is 0 Å². The number of aryl methyl sites for hydroxylation is 1. The molecule has 0 aliphatic rings. The van der Waals surface area contributed by atoms with Gasteiger partial charge in [0.2, 0.25) is 0 Å². The minimum atomic E-state index is 0.422. The lowest BCUT2D eigenvalue weighted by atomic mass is 10.1. The van der Waals surface area contributed by atoms with Crippen LogP contribution in [0.25, 0.3) is 0 Å². The predicted molar refractivity (Wildman–Crippen MR) is 74.5 cm³/mol. The fraction of sp³-hybridized carbons (Fsp3) is 0.333. The summed E-state index contributed by atoms with van der Waals surface area (Å²) in [5.41, 5.74) is 9.83. The van der Waals surface area contributed by atoms with Gasteiger partial charge in [-0.25, -0.2) is 9.97 Å². The van der Waals surface area contributed by atoms with E-state index in [1.54, 1.807) is 0 Å². The Balaban J connectivity index is 2.29. The maximum atomic E-state index is 5.78. The second-order valence-corrected chi connectivity index (χ2v) is 4.93. The second-order valence-electron chi connectivity index (χ2n) is 4.93. The Hall–Kier alpha value is -1.90. The lowest BCUT2D eigenvalue weighted by Crippen LogP contribution is -2.04. The van der Waals surface area contributed by atoms with Gasteiger partial charge in [-0.15, -0.1) is 0 Å². The predicted octanol–water partition coefficient (Wildman–Crippen LogP) is 3.08. The molecule has 0 spiro atoms. The van der Waals surface area contributed by atoms with Gasteiger partial charge in [0.25, 0.3) is 0 Å². The van der Waals surface area contributed by atoms with Crippen molar-refractivity contribution < 1.29 is 0 Å². The molecule has 1 heterocycles. The molecule has 0 aliphatic carbocycles. The highest BCUT2D eigenvalue weighted by Gasteiger charge is 2.06. The molecule has 2 aromatic rings. The Labute approximate surface area is 108 Å². The summed E-state index contributed by atoms with van der Waals surface area (Å²) >= 11 is 0. The van der Waals surface area contributed by atoms with Crippen molar-refractivity contribution in [3.63, 3.8) is 0 Å². The molecule has 0 atom stereocenters. The van der Waals surface area contributed by atoms with Crippen LogP contribution in [0.2, 0.25) is 0 Å². The largest absolute Gasteiger partial charge is 0.399 e. The van der Waals surface area contributed by atoms with Gasteiger partial charge in [-0.2, -0.15) is 0 Å². The van der Waals surface area contributed by atoms with Crippen molar-refractivity contribution in [2.45, 2.75) is 33.1 Å². The van der Waals surface area contributed by atoms with Gasteiger partial charge in [0, 0.05) is 23.5 Å². The third-order valence-electron chi connectivity index (χ3n) is 2.83. The second kappa shape index (κ2) is 5.17. The molecule has 0 amide bonds. The number of nitrogen functional groups attached to an aromatic ring is 1. The van der Waals surface area contributed by atoms with Crippen molar-refractivity contribution in [2.24, 2.45) is 0 Å². The molecule has 2 rings (SSSR count). The Kier molecular flexibility index (Phi) is 3.60. The molecular weight excluding hydrogens is 222 g/mol. The summed E-state index contributed by atoms with van der Waals surface area (Å²) in [7, 11) is 0. The summed E-state index contributed by atoms with van der Waals surface area (Å²) in [6, 6.07) is 9.93. The van der Waals surface area contributed by atoms with Crippen molar-refractivity contribution in [1.29, 1.82) is 0 Å². The van der Waals surface area contributed by atoms with Crippen LogP contribution >= 0.6 is 0 Å². The smallest absolute Gasteiger partial charge is 0.133 e. The molecule has 1 aromatic heterocycles. The van der Waals surface area contributed by atoms with E-state index in [0.29, 0.717) is 5.92 Å². The van der Waals surface area contributed by atoms with Crippen molar-refractivity contribution in [3.05, 3.63) is 53.1 Å². The third kappa shape index (κ3) is 3.06. The number of nitrogens with zero attached hydrogens (tertiary/aromatic N) is 2. The molecule has 0 bridgehead atoms. The van der Waals surface area contributed by atoms with Gasteiger partial charge in [0.05, 0.1) is 0 Å². The van der Waals surface area contributed by atoms with Crippen LogP contribution in [-0.4, -0.2) is 9.97 Å². The molecule has 0 unspecified atom stereocenters. The standard InChI is InChI=1S/C15H19N3/c1-10(2)14-7-11(3)17-15(18-14)9-12-5-4-6-13(16)8-12/h4-8,10H,9,16H2,1-3H3. The van der Waals surface area contributed by atoms with E-state index >= 15 is 0 Å². The summed E-state index contributed by atoms with van der Waals surface area (Å²) < 4.78 is 0. The fourth-order valence-corrected chi connectivity index (χ4v) is 1.92. The summed E-state index contributed by atoms with van der Waals surface area (Å²) in [6.07, 6.45) is 0.729. The average Bonchev–Trinajstić information content (AvgIpc) is 2.28. The van der Waals surface area contributed by atoms with Gasteiger partial charge < -0.3 is 5.73 Å². The highest BCUT2D eigenvalue weighted by Crippen LogP contribution is 2.15. The minimum Gasteiger partial charge on any atom is -0.399 e. The zero-order chi connectivity index (χ0) is 13.1. The van der Waals surface area contributed by atoms with Crippen LogP contribution in [0, 0.1) is 6.92 Å². The summed E-state index contributed by atoms with van der Waals surface area (Å²) in [5, 5.41) is 0. The fourth-order valence-electron chi connectivity index (χ4n) is 1.92. The first-order valence-corrected chi connectivity index (χ1v) is 6.23. The lowest BCUT2D eigenvalue weighted by molar-refractivity contribution is 0.784. The lowest BCUT2D eigenvalue weighted by Gasteiger charge is -2.08. The molecule has 94 valence electrons. The van der Waals surface area contributed by atoms with E-state index in [1.807, 2.05) is 31.2 Å². The van der Waals surface area contributed by atoms with E-state index in [0.717, 1.165) is 34.9 Å². The number of hydrogen-bond acceptors (Lipinski definition) is 3. The first-order valence-electron chi connectivity index (χ1n) is 6.23. The Morgan fingerprint density at radius 3 is 2.61 bits per heavy atom. The number of nitrogens with two attached hydrogens (primary N) is 1. The molecule has 0 radical (unpaired) electrons. The van der Waals surface area contributed by atoms with Crippen molar-refractivity contribution in [2.75, 3.05) is 5.73 Å². The molecule has 1 aromatic carbocycles. The van der Waals surface area contributed by atoms with Crippen LogP contribution in [0.3, 0.4) is 0 Å².